The number of anilines is 1. The van der Waals surface area contributed by atoms with Crippen LogP contribution in [0.15, 0.2) is 23.0 Å². The van der Waals surface area contributed by atoms with E-state index in [0.717, 1.165) is 6.92 Å². The van der Waals surface area contributed by atoms with Crippen molar-refractivity contribution in [3.63, 3.8) is 0 Å². The smallest absolute Gasteiger partial charge is 0.216 e. The van der Waals surface area contributed by atoms with Gasteiger partial charge in [0, 0.05) is 32.6 Å². The van der Waals surface area contributed by atoms with E-state index in [2.05, 4.69) is 11.8 Å². The molecule has 4 atom stereocenters. The Labute approximate surface area is 237 Å². The fraction of sp³-hybridized carbons (Fsp3) is 0.483. The highest BCUT2D eigenvalue weighted by Crippen LogP contribution is 2.57. The van der Waals surface area contributed by atoms with Gasteiger partial charge in [-0.3, -0.25) is 24.2 Å². The molecule has 0 spiro atoms. The Balaban J connectivity index is 2.07. The van der Waals surface area contributed by atoms with Gasteiger partial charge in [-0.1, -0.05) is 11.8 Å². The van der Waals surface area contributed by atoms with Crippen LogP contribution in [0.4, 0.5) is 5.69 Å². The number of fused-ring (bicyclic) bond motifs is 3. The molecule has 4 rings (SSSR count). The number of aliphatic hydroxyl groups is 5. The highest BCUT2D eigenvalue weighted by molar-refractivity contribution is 6.26. The number of benzene rings is 1. The van der Waals surface area contributed by atoms with Gasteiger partial charge in [0.25, 0.3) is 0 Å². The van der Waals surface area contributed by atoms with E-state index in [-0.39, 0.29) is 16.7 Å². The lowest BCUT2D eigenvalue weighted by atomic mass is 9.53. The lowest BCUT2D eigenvalue weighted by Gasteiger charge is -2.57. The first-order valence-corrected chi connectivity index (χ1v) is 12.9. The van der Waals surface area contributed by atoms with Gasteiger partial charge in [-0.05, 0) is 46.7 Å². The summed E-state index contributed by atoms with van der Waals surface area (Å²) in [6, 6.07) is -0.161. The summed E-state index contributed by atoms with van der Waals surface area (Å²) in [4.78, 5) is 44.5. The molecule has 220 valence electrons. The molecule has 41 heavy (non-hydrogen) atoms. The number of phenols is 1. The second kappa shape index (κ2) is 9.68. The standard InChI is InChI=1S/C29H35N3O9/c1-14(33)18-23(36)24(32(6)7)28(40)13-27(39)12-16-17(31(4)5)11-15(9-8-10-30(2)3)21(34)19(16)22(35)20(27)26(38)29(28,41)25(18)37/h11,24,34-35,37,39-41H,10,12-13H2,1-7H3/t24-,27-,28-,29-/m0/s1. The van der Waals surface area contributed by atoms with Gasteiger partial charge in [-0.2, -0.15) is 0 Å². The second-order valence-corrected chi connectivity index (χ2v) is 11.7. The molecule has 12 nitrogen and oxygen atoms in total. The zero-order chi connectivity index (χ0) is 31.0. The van der Waals surface area contributed by atoms with Crippen molar-refractivity contribution >= 4 is 28.8 Å². The molecule has 0 amide bonds. The Morgan fingerprint density at radius 2 is 1.66 bits per heavy atom. The van der Waals surface area contributed by atoms with E-state index in [4.69, 9.17) is 0 Å². The third kappa shape index (κ3) is 4.07. The van der Waals surface area contributed by atoms with Gasteiger partial charge in [0.15, 0.2) is 11.6 Å². The van der Waals surface area contributed by atoms with Crippen molar-refractivity contribution in [1.29, 1.82) is 0 Å². The van der Waals surface area contributed by atoms with Crippen LogP contribution in [-0.2, 0) is 20.8 Å². The van der Waals surface area contributed by atoms with Crippen molar-refractivity contribution in [2.24, 2.45) is 0 Å². The van der Waals surface area contributed by atoms with Crippen LogP contribution < -0.4 is 4.90 Å². The van der Waals surface area contributed by atoms with Crippen molar-refractivity contribution in [3.8, 4) is 17.6 Å². The predicted molar refractivity (Wildman–Crippen MR) is 148 cm³/mol. The number of hydrogen-bond acceptors (Lipinski definition) is 12. The molecule has 12 heteroatoms. The molecule has 0 heterocycles. The highest BCUT2D eigenvalue weighted by atomic mass is 16.4. The molecule has 0 bridgehead atoms. The van der Waals surface area contributed by atoms with E-state index >= 15 is 0 Å². The fourth-order valence-electron chi connectivity index (χ4n) is 6.33. The number of aromatic hydroxyl groups is 1. The van der Waals surface area contributed by atoms with Crippen LogP contribution in [0.25, 0.3) is 5.76 Å². The maximum Gasteiger partial charge on any atom is 0.216 e. The number of aliphatic hydroxyl groups excluding tert-OH is 2. The molecule has 0 aromatic heterocycles. The SMILES string of the molecule is CC(=O)C1=C(O)[C@]2(O)C(=O)C3=C(O)c4c(O)c(C#CCN(C)C)cc(N(C)C)c4C[C@]3(O)C[C@]2(O)[C@@H](N(C)C)C1=O. The van der Waals surface area contributed by atoms with Gasteiger partial charge in [0.1, 0.15) is 40.1 Å². The number of phenolic OH excluding ortho intramolecular Hbond substituents is 1. The molecule has 3 aliphatic rings. The number of likely N-dealkylation sites (N-methyl/N-ethyl adjacent to an activating group) is 1. The molecule has 1 aromatic carbocycles. The van der Waals surface area contributed by atoms with E-state index in [0.29, 0.717) is 12.2 Å². The number of nitrogens with zero attached hydrogens (tertiary/aromatic N) is 3. The number of ketones is 3. The van der Waals surface area contributed by atoms with Crippen molar-refractivity contribution in [2.45, 2.75) is 42.6 Å². The zero-order valence-electron chi connectivity index (χ0n) is 24.0. The lowest BCUT2D eigenvalue weighted by molar-refractivity contribution is -0.216. The van der Waals surface area contributed by atoms with Gasteiger partial charge in [0.05, 0.1) is 23.2 Å². The van der Waals surface area contributed by atoms with Gasteiger partial charge in [-0.25, -0.2) is 0 Å². The van der Waals surface area contributed by atoms with Crippen molar-refractivity contribution in [1.82, 2.24) is 9.80 Å². The first-order valence-electron chi connectivity index (χ1n) is 12.9. The number of carbonyl (C=O) groups excluding carboxylic acids is 3. The van der Waals surface area contributed by atoms with Crippen LogP contribution in [0.1, 0.15) is 30.0 Å². The Kier molecular flexibility index (Phi) is 7.14. The Hall–Kier alpha value is -3.73. The summed E-state index contributed by atoms with van der Waals surface area (Å²) in [7, 11) is 9.74. The topological polar surface area (TPSA) is 182 Å². The normalized spacial score (nSPS) is 29.2. The number of Topliss-reactive ketones (excluding diaryl/α,β-unsaturated/α-hetero) is 3. The van der Waals surface area contributed by atoms with Crippen LogP contribution in [0.3, 0.4) is 0 Å². The largest absolute Gasteiger partial charge is 0.508 e. The van der Waals surface area contributed by atoms with Crippen LogP contribution >= 0.6 is 0 Å². The van der Waals surface area contributed by atoms with E-state index in [1.165, 1.54) is 19.0 Å². The van der Waals surface area contributed by atoms with Gasteiger partial charge < -0.3 is 35.5 Å². The molecule has 1 saturated carbocycles. The van der Waals surface area contributed by atoms with Crippen LogP contribution in [0.2, 0.25) is 0 Å². The zero-order valence-corrected chi connectivity index (χ0v) is 24.0. The van der Waals surface area contributed by atoms with E-state index in [1.54, 1.807) is 25.1 Å². The summed E-state index contributed by atoms with van der Waals surface area (Å²) < 4.78 is 0. The molecular formula is C29H35N3O9. The molecule has 0 radical (unpaired) electrons. The molecule has 0 saturated heterocycles. The number of hydrogen-bond donors (Lipinski definition) is 6. The summed E-state index contributed by atoms with van der Waals surface area (Å²) in [5.41, 5.74) is -9.52. The summed E-state index contributed by atoms with van der Waals surface area (Å²) in [5.74, 6) is -0.492. The minimum absolute atomic E-state index is 0.128. The molecule has 3 aliphatic carbocycles. The monoisotopic (exact) mass is 569 g/mol. The molecule has 0 aliphatic heterocycles. The first-order chi connectivity index (χ1) is 18.8. The first kappa shape index (κ1) is 30.2. The van der Waals surface area contributed by atoms with Crippen molar-refractivity contribution in [2.75, 3.05) is 53.7 Å². The van der Waals surface area contributed by atoms with Crippen LogP contribution in [0.5, 0.6) is 5.75 Å². The minimum Gasteiger partial charge on any atom is -0.508 e. The van der Waals surface area contributed by atoms with Crippen LogP contribution in [-0.4, -0.2) is 129 Å². The average Bonchev–Trinajstić information content (AvgIpc) is 2.81. The third-order valence-electron chi connectivity index (χ3n) is 8.03. The number of carbonyl (C=O) groups is 3. The van der Waals surface area contributed by atoms with Crippen molar-refractivity contribution in [3.05, 3.63) is 39.7 Å². The maximum absolute atomic E-state index is 14.1. The van der Waals surface area contributed by atoms with Crippen LogP contribution in [0, 0.1) is 11.8 Å². The van der Waals surface area contributed by atoms with Gasteiger partial charge in [-0.15, -0.1) is 0 Å². The van der Waals surface area contributed by atoms with Crippen molar-refractivity contribution < 1.29 is 45.0 Å². The molecule has 1 fully saturated rings. The Morgan fingerprint density at radius 3 is 2.17 bits per heavy atom. The lowest BCUT2D eigenvalue weighted by Crippen LogP contribution is -2.79. The summed E-state index contributed by atoms with van der Waals surface area (Å²) in [6.07, 6.45) is -1.31. The van der Waals surface area contributed by atoms with Gasteiger partial charge in [0.2, 0.25) is 11.4 Å². The van der Waals surface area contributed by atoms with E-state index in [9.17, 15) is 45.0 Å². The minimum atomic E-state index is -3.28. The highest BCUT2D eigenvalue weighted by Gasteiger charge is 2.75. The third-order valence-corrected chi connectivity index (χ3v) is 8.03. The summed E-state index contributed by atoms with van der Waals surface area (Å²) in [5, 5.41) is 69.5. The molecule has 1 aromatic rings. The maximum atomic E-state index is 14.1. The van der Waals surface area contributed by atoms with E-state index in [1.807, 2.05) is 19.0 Å². The molecule has 6 N–H and O–H groups in total. The quantitative estimate of drug-likeness (QED) is 0.198. The Bertz CT molecular complexity index is 1510. The fourth-order valence-corrected chi connectivity index (χ4v) is 6.33. The average molecular weight is 570 g/mol. The molecular weight excluding hydrogens is 534 g/mol. The summed E-state index contributed by atoms with van der Waals surface area (Å²) in [6.45, 7) is 1.32. The predicted octanol–water partition coefficient (Wildman–Crippen LogP) is -0.723. The van der Waals surface area contributed by atoms with Gasteiger partial charge >= 0.3 is 0 Å². The summed E-state index contributed by atoms with van der Waals surface area (Å²) >= 11 is 0. The number of rotatable bonds is 4. The Morgan fingerprint density at radius 1 is 1.05 bits per heavy atom. The molecule has 0 unspecified atom stereocenters. The van der Waals surface area contributed by atoms with E-state index < -0.39 is 81.5 Å². The second-order valence-electron chi connectivity index (χ2n) is 11.7.